The molecule has 164 valence electrons. The minimum atomic E-state index is 0.445. The molecule has 0 aliphatic heterocycles. The molecule has 29 heavy (non-hydrogen) atoms. The molecule has 1 saturated carbocycles. The molecule has 0 spiro atoms. The Morgan fingerprint density at radius 2 is 1.55 bits per heavy atom. The molecule has 0 saturated heterocycles. The molecule has 0 heterocycles. The van der Waals surface area contributed by atoms with Gasteiger partial charge >= 0.3 is 0 Å². The topological polar surface area (TPSA) is 34.1 Å². The lowest BCUT2D eigenvalue weighted by atomic mass is 9.85. The zero-order valence-corrected chi connectivity index (χ0v) is 19.9. The fourth-order valence-electron chi connectivity index (χ4n) is 3.46. The zero-order valence-electron chi connectivity index (χ0n) is 19.9. The molecular weight excluding hydrogens is 356 g/mol. The lowest BCUT2D eigenvalue weighted by Crippen LogP contribution is -2.08. The third-order valence-corrected chi connectivity index (χ3v) is 5.17. The molecule has 0 atom stereocenters. The summed E-state index contributed by atoms with van der Waals surface area (Å²) >= 11 is 0. The van der Waals surface area contributed by atoms with Crippen LogP contribution >= 0.6 is 0 Å². The van der Waals surface area contributed by atoms with Gasteiger partial charge in [-0.3, -0.25) is 4.79 Å². The summed E-state index contributed by atoms with van der Waals surface area (Å²) in [5.41, 5.74) is 5.11. The maximum atomic E-state index is 11.1. The van der Waals surface area contributed by atoms with E-state index in [1.165, 1.54) is 54.4 Å². The van der Waals surface area contributed by atoms with Crippen LogP contribution in [0.15, 0.2) is 24.8 Å². The van der Waals surface area contributed by atoms with E-state index in [-0.39, 0.29) is 0 Å². The number of hydrogen-bond donors (Lipinski definition) is 0. The van der Waals surface area contributed by atoms with Crippen LogP contribution in [0.2, 0.25) is 0 Å². The Balaban J connectivity index is 0. The summed E-state index contributed by atoms with van der Waals surface area (Å²) < 4.78 is 0. The first-order valence-electron chi connectivity index (χ1n) is 11.2. The van der Waals surface area contributed by atoms with Crippen molar-refractivity contribution in [2.24, 2.45) is 5.92 Å². The second-order valence-corrected chi connectivity index (χ2v) is 7.20. The highest BCUT2D eigenvalue weighted by molar-refractivity contribution is 5.77. The van der Waals surface area contributed by atoms with Crippen LogP contribution in [0.1, 0.15) is 101 Å². The largest absolute Gasteiger partial charge is 0.307 e. The third-order valence-electron chi connectivity index (χ3n) is 5.17. The molecule has 0 amide bonds. The average molecular weight is 401 g/mol. The molecule has 1 aliphatic carbocycles. The number of hydrogen-bond acceptors (Lipinski definition) is 2. The highest BCUT2D eigenvalue weighted by Gasteiger charge is 2.13. The van der Waals surface area contributed by atoms with E-state index in [0.29, 0.717) is 5.78 Å². The zero-order chi connectivity index (χ0) is 22.7. The van der Waals surface area contributed by atoms with Gasteiger partial charge in [0, 0.05) is 12.8 Å². The van der Waals surface area contributed by atoms with Crippen molar-refractivity contribution in [3.8, 4) is 0 Å². The molecule has 2 nitrogen and oxygen atoms in total. The Morgan fingerprint density at radius 3 is 2.03 bits per heavy atom. The van der Waals surface area contributed by atoms with Crippen LogP contribution in [0, 0.1) is 19.8 Å². The van der Waals surface area contributed by atoms with Gasteiger partial charge in [0.05, 0.1) is 0 Å². The van der Waals surface area contributed by atoms with E-state index in [2.05, 4.69) is 44.7 Å². The number of Topliss-reactive ketones (excluding diaryl/α,β-unsaturated/α-hetero) is 1. The standard InChI is InChI=1S/C13H16.C11H20O.C2H6.CH2O/c1-5-7-13-9-10(3)12(6-2)8-11(13)4;1-2-11(12)9-8-10-6-4-3-5-7-10;2*1-2/h5-9H,2H2,1,3-4H3;10H,2-9H2,1H3;1-2H3;1H2/b7-5-;;;. The Kier molecular flexibility index (Phi) is 19.5. The second kappa shape index (κ2) is 19.4. The first kappa shape index (κ1) is 29.2. The van der Waals surface area contributed by atoms with E-state index in [1.54, 1.807) is 0 Å². The Labute approximate surface area is 180 Å². The summed E-state index contributed by atoms with van der Waals surface area (Å²) in [6, 6.07) is 4.38. The molecule has 0 aromatic heterocycles. The third kappa shape index (κ3) is 13.0. The molecule has 2 rings (SSSR count). The highest BCUT2D eigenvalue weighted by Crippen LogP contribution is 2.27. The second-order valence-electron chi connectivity index (χ2n) is 7.20. The van der Waals surface area contributed by atoms with Crippen LogP contribution in [0.25, 0.3) is 12.2 Å². The Hall–Kier alpha value is -1.96. The van der Waals surface area contributed by atoms with Crippen molar-refractivity contribution in [2.75, 3.05) is 0 Å². The summed E-state index contributed by atoms with van der Waals surface area (Å²) in [5, 5.41) is 0. The maximum Gasteiger partial charge on any atom is 0.132 e. The molecule has 1 aromatic rings. The van der Waals surface area contributed by atoms with Gasteiger partial charge < -0.3 is 4.79 Å². The van der Waals surface area contributed by atoms with Crippen molar-refractivity contribution in [1.82, 2.24) is 0 Å². The van der Waals surface area contributed by atoms with Gasteiger partial charge in [0.25, 0.3) is 0 Å². The van der Waals surface area contributed by atoms with E-state index in [4.69, 9.17) is 4.79 Å². The number of carbonyl (C=O) groups excluding carboxylic acids is 2. The Morgan fingerprint density at radius 1 is 1.03 bits per heavy atom. The molecule has 0 unspecified atom stereocenters. The van der Waals surface area contributed by atoms with Crippen LogP contribution in [-0.2, 0) is 9.59 Å². The van der Waals surface area contributed by atoms with Crippen molar-refractivity contribution in [2.45, 2.75) is 92.9 Å². The fraction of sp³-hybridized carbons (Fsp3) is 0.556. The summed E-state index contributed by atoms with van der Waals surface area (Å²) in [7, 11) is 0. The van der Waals surface area contributed by atoms with Gasteiger partial charge in [0.2, 0.25) is 0 Å². The number of aryl methyl sites for hydroxylation is 2. The summed E-state index contributed by atoms with van der Waals surface area (Å²) in [4.78, 5) is 19.1. The van der Waals surface area contributed by atoms with Gasteiger partial charge in [-0.2, -0.15) is 0 Å². The number of rotatable bonds is 6. The van der Waals surface area contributed by atoms with E-state index >= 15 is 0 Å². The molecule has 1 aromatic carbocycles. The fourth-order valence-corrected chi connectivity index (χ4v) is 3.46. The lowest BCUT2D eigenvalue weighted by molar-refractivity contribution is -0.119. The van der Waals surface area contributed by atoms with Gasteiger partial charge in [-0.15, -0.1) is 0 Å². The highest BCUT2D eigenvalue weighted by atomic mass is 16.1. The van der Waals surface area contributed by atoms with E-state index in [0.717, 1.165) is 25.2 Å². The smallest absolute Gasteiger partial charge is 0.132 e. The predicted octanol–water partition coefficient (Wildman–Crippen LogP) is 8.15. The van der Waals surface area contributed by atoms with Gasteiger partial charge in [0.15, 0.2) is 0 Å². The van der Waals surface area contributed by atoms with E-state index in [1.807, 2.05) is 40.6 Å². The minimum Gasteiger partial charge on any atom is -0.307 e. The van der Waals surface area contributed by atoms with Gasteiger partial charge in [-0.05, 0) is 55.4 Å². The van der Waals surface area contributed by atoms with Crippen molar-refractivity contribution < 1.29 is 9.59 Å². The molecule has 0 radical (unpaired) electrons. The molecular formula is C27H44O2. The minimum absolute atomic E-state index is 0.445. The SMILES string of the molecule is C=Cc1cc(C)c(/C=C\C)cc1C.C=O.CC.CCC(=O)CCC1CCCCC1. The number of benzene rings is 1. The van der Waals surface area contributed by atoms with Crippen molar-refractivity contribution in [1.29, 1.82) is 0 Å². The van der Waals surface area contributed by atoms with Crippen molar-refractivity contribution >= 4 is 24.7 Å². The molecule has 1 fully saturated rings. The first-order valence-corrected chi connectivity index (χ1v) is 11.2. The molecule has 0 bridgehead atoms. The number of ketones is 1. The van der Waals surface area contributed by atoms with E-state index in [9.17, 15) is 4.79 Å². The molecule has 0 N–H and O–H groups in total. The molecule has 2 heteroatoms. The van der Waals surface area contributed by atoms with Crippen LogP contribution in [0.5, 0.6) is 0 Å². The summed E-state index contributed by atoms with van der Waals surface area (Å²) in [6.45, 7) is 18.0. The van der Waals surface area contributed by atoms with Crippen LogP contribution in [0.4, 0.5) is 0 Å². The lowest BCUT2D eigenvalue weighted by Gasteiger charge is -2.20. The van der Waals surface area contributed by atoms with Gasteiger partial charge in [0.1, 0.15) is 12.6 Å². The maximum absolute atomic E-state index is 11.1. The van der Waals surface area contributed by atoms with Gasteiger partial charge in [-0.25, -0.2) is 0 Å². The van der Waals surface area contributed by atoms with Gasteiger partial charge in [-0.1, -0.05) is 89.8 Å². The van der Waals surface area contributed by atoms with E-state index < -0.39 is 0 Å². The first-order chi connectivity index (χ1) is 14.0. The number of carbonyl (C=O) groups is 2. The van der Waals surface area contributed by atoms with Crippen molar-refractivity contribution in [3.05, 3.63) is 47.0 Å². The predicted molar refractivity (Wildman–Crippen MR) is 130 cm³/mol. The molecule has 1 aliphatic rings. The average Bonchev–Trinajstić information content (AvgIpc) is 2.78. The van der Waals surface area contributed by atoms with Crippen molar-refractivity contribution in [3.63, 3.8) is 0 Å². The summed E-state index contributed by atoms with van der Waals surface area (Å²) in [5.74, 6) is 1.31. The number of allylic oxidation sites excluding steroid dienone is 1. The normalized spacial score (nSPS) is 13.2. The van der Waals surface area contributed by atoms with Crippen LogP contribution in [-0.4, -0.2) is 12.6 Å². The van der Waals surface area contributed by atoms with Crippen LogP contribution < -0.4 is 0 Å². The quantitative estimate of drug-likeness (QED) is 0.483. The van der Waals surface area contributed by atoms with Crippen LogP contribution in [0.3, 0.4) is 0 Å². The summed E-state index contributed by atoms with van der Waals surface area (Å²) in [6.07, 6.45) is 15.8. The Bertz CT molecular complexity index is 593. The monoisotopic (exact) mass is 400 g/mol.